The van der Waals surface area contributed by atoms with Gasteiger partial charge in [0.1, 0.15) is 11.6 Å². The van der Waals surface area contributed by atoms with E-state index in [9.17, 15) is 14.0 Å². The predicted molar refractivity (Wildman–Crippen MR) is 79.3 cm³/mol. The molecular formula is C16H20FNO4. The molecule has 1 aromatic carbocycles. The lowest BCUT2D eigenvalue weighted by Crippen LogP contribution is -2.22. The minimum atomic E-state index is -0.857. The Labute approximate surface area is 128 Å². The summed E-state index contributed by atoms with van der Waals surface area (Å²) in [7, 11) is 0. The molecule has 2 rings (SSSR count). The van der Waals surface area contributed by atoms with Gasteiger partial charge in [0, 0.05) is 12.0 Å². The zero-order chi connectivity index (χ0) is 16.1. The van der Waals surface area contributed by atoms with Crippen molar-refractivity contribution in [1.29, 1.82) is 0 Å². The molecule has 0 heterocycles. The number of carboxylic acids is 1. The molecule has 0 saturated heterocycles. The Morgan fingerprint density at radius 3 is 2.73 bits per heavy atom. The van der Waals surface area contributed by atoms with Crippen LogP contribution in [0.3, 0.4) is 0 Å². The number of halogens is 1. The Bertz CT molecular complexity index is 561. The van der Waals surface area contributed by atoms with Crippen LogP contribution in [0.25, 0.3) is 0 Å². The molecule has 0 bridgehead atoms. The van der Waals surface area contributed by atoms with Gasteiger partial charge in [0.05, 0.1) is 18.2 Å². The SMILES string of the molecule is CCCOc1cc(F)ccc1NC(=O)[C@@H]1CC[C@H](C(=O)O)C1. The molecule has 1 aliphatic rings. The molecule has 0 radical (unpaired) electrons. The highest BCUT2D eigenvalue weighted by Crippen LogP contribution is 2.33. The Balaban J connectivity index is 2.04. The van der Waals surface area contributed by atoms with Gasteiger partial charge >= 0.3 is 5.97 Å². The normalized spacial score (nSPS) is 20.6. The van der Waals surface area contributed by atoms with Gasteiger partial charge in [-0.15, -0.1) is 0 Å². The summed E-state index contributed by atoms with van der Waals surface area (Å²) in [6, 6.07) is 3.95. The predicted octanol–water partition coefficient (Wildman–Crippen LogP) is 3.05. The molecule has 22 heavy (non-hydrogen) atoms. The highest BCUT2D eigenvalue weighted by molar-refractivity contribution is 5.94. The first-order chi connectivity index (χ1) is 10.5. The van der Waals surface area contributed by atoms with Gasteiger partial charge in [0.15, 0.2) is 0 Å². The quantitative estimate of drug-likeness (QED) is 0.847. The Kier molecular flexibility index (Phi) is 5.35. The number of hydrogen-bond acceptors (Lipinski definition) is 3. The first kappa shape index (κ1) is 16.3. The third kappa shape index (κ3) is 3.96. The number of carboxylic acid groups (broad SMARTS) is 1. The van der Waals surface area contributed by atoms with Gasteiger partial charge in [-0.3, -0.25) is 9.59 Å². The summed E-state index contributed by atoms with van der Waals surface area (Å²) in [4.78, 5) is 23.2. The second kappa shape index (κ2) is 7.24. The minimum Gasteiger partial charge on any atom is -0.491 e. The summed E-state index contributed by atoms with van der Waals surface area (Å²) >= 11 is 0. The summed E-state index contributed by atoms with van der Waals surface area (Å²) in [5, 5.41) is 11.7. The Hall–Kier alpha value is -2.11. The van der Waals surface area contributed by atoms with E-state index in [4.69, 9.17) is 9.84 Å². The summed E-state index contributed by atoms with van der Waals surface area (Å²) < 4.78 is 18.7. The van der Waals surface area contributed by atoms with Crippen LogP contribution >= 0.6 is 0 Å². The third-order valence-electron chi connectivity index (χ3n) is 3.82. The van der Waals surface area contributed by atoms with E-state index < -0.39 is 17.7 Å². The van der Waals surface area contributed by atoms with Crippen LogP contribution in [0.15, 0.2) is 18.2 Å². The van der Waals surface area contributed by atoms with Crippen LogP contribution in [-0.2, 0) is 9.59 Å². The van der Waals surface area contributed by atoms with Gasteiger partial charge in [-0.1, -0.05) is 6.92 Å². The van der Waals surface area contributed by atoms with E-state index in [0.717, 1.165) is 6.42 Å². The van der Waals surface area contributed by atoms with Crippen molar-refractivity contribution in [2.45, 2.75) is 32.6 Å². The standard InChI is InChI=1S/C16H20FNO4/c1-2-7-22-14-9-12(17)5-6-13(14)18-15(19)10-3-4-11(8-10)16(20)21/h5-6,9-11H,2-4,7-8H2,1H3,(H,18,19)(H,20,21)/t10-,11+/m1/s1. The van der Waals surface area contributed by atoms with Crippen molar-refractivity contribution >= 4 is 17.6 Å². The summed E-state index contributed by atoms with van der Waals surface area (Å²) in [6.07, 6.45) is 2.17. The average Bonchev–Trinajstić information content (AvgIpc) is 2.97. The van der Waals surface area contributed by atoms with E-state index in [0.29, 0.717) is 37.3 Å². The van der Waals surface area contributed by atoms with Crippen LogP contribution in [0.2, 0.25) is 0 Å². The number of benzene rings is 1. The van der Waals surface area contributed by atoms with E-state index in [1.165, 1.54) is 18.2 Å². The maximum absolute atomic E-state index is 13.3. The summed E-state index contributed by atoms with van der Waals surface area (Å²) in [6.45, 7) is 2.36. The van der Waals surface area contributed by atoms with Crippen LogP contribution in [0.5, 0.6) is 5.75 Å². The van der Waals surface area contributed by atoms with Gasteiger partial charge in [0.2, 0.25) is 5.91 Å². The van der Waals surface area contributed by atoms with Crippen molar-refractivity contribution in [3.8, 4) is 5.75 Å². The molecule has 1 amide bonds. The number of aliphatic carboxylic acids is 1. The molecule has 2 atom stereocenters. The van der Waals surface area contributed by atoms with E-state index in [-0.39, 0.29) is 11.8 Å². The molecule has 120 valence electrons. The van der Waals surface area contributed by atoms with Crippen molar-refractivity contribution in [3.05, 3.63) is 24.0 Å². The van der Waals surface area contributed by atoms with Crippen molar-refractivity contribution in [2.75, 3.05) is 11.9 Å². The zero-order valence-electron chi connectivity index (χ0n) is 12.5. The van der Waals surface area contributed by atoms with Crippen molar-refractivity contribution in [1.82, 2.24) is 0 Å². The van der Waals surface area contributed by atoms with Gasteiger partial charge in [-0.05, 0) is 37.8 Å². The summed E-state index contributed by atoms with van der Waals surface area (Å²) in [5.74, 6) is -2.02. The second-order valence-electron chi connectivity index (χ2n) is 5.52. The number of hydrogen-bond donors (Lipinski definition) is 2. The van der Waals surface area contributed by atoms with Crippen LogP contribution in [0.4, 0.5) is 10.1 Å². The fourth-order valence-corrected chi connectivity index (χ4v) is 2.61. The molecule has 5 nitrogen and oxygen atoms in total. The van der Waals surface area contributed by atoms with Crippen LogP contribution in [-0.4, -0.2) is 23.6 Å². The second-order valence-corrected chi connectivity index (χ2v) is 5.52. The van der Waals surface area contributed by atoms with Crippen LogP contribution in [0.1, 0.15) is 32.6 Å². The highest BCUT2D eigenvalue weighted by atomic mass is 19.1. The molecule has 0 spiro atoms. The average molecular weight is 309 g/mol. The smallest absolute Gasteiger partial charge is 0.306 e. The maximum atomic E-state index is 13.3. The number of anilines is 1. The molecular weight excluding hydrogens is 289 g/mol. The van der Waals surface area contributed by atoms with Crippen LogP contribution in [0, 0.1) is 17.7 Å². The number of carbonyl (C=O) groups excluding carboxylic acids is 1. The minimum absolute atomic E-state index is 0.239. The number of nitrogens with one attached hydrogen (secondary N) is 1. The molecule has 0 unspecified atom stereocenters. The molecule has 1 aliphatic carbocycles. The van der Waals surface area contributed by atoms with Gasteiger partial charge in [-0.2, -0.15) is 0 Å². The lowest BCUT2D eigenvalue weighted by atomic mass is 10.0. The molecule has 2 N–H and O–H groups in total. The van der Waals surface area contributed by atoms with E-state index in [1.807, 2.05) is 6.92 Å². The molecule has 0 aromatic heterocycles. The maximum Gasteiger partial charge on any atom is 0.306 e. The monoisotopic (exact) mass is 309 g/mol. The van der Waals surface area contributed by atoms with E-state index in [1.54, 1.807) is 0 Å². The zero-order valence-corrected chi connectivity index (χ0v) is 12.5. The van der Waals surface area contributed by atoms with E-state index in [2.05, 4.69) is 5.32 Å². The molecule has 0 aliphatic heterocycles. The van der Waals surface area contributed by atoms with Gasteiger partial charge in [-0.25, -0.2) is 4.39 Å². The molecule has 1 saturated carbocycles. The van der Waals surface area contributed by atoms with Gasteiger partial charge < -0.3 is 15.2 Å². The number of carbonyl (C=O) groups is 2. The van der Waals surface area contributed by atoms with Crippen molar-refractivity contribution in [3.63, 3.8) is 0 Å². The highest BCUT2D eigenvalue weighted by Gasteiger charge is 2.34. The fourth-order valence-electron chi connectivity index (χ4n) is 2.61. The fraction of sp³-hybridized carbons (Fsp3) is 0.500. The van der Waals surface area contributed by atoms with Gasteiger partial charge in [0.25, 0.3) is 0 Å². The lowest BCUT2D eigenvalue weighted by molar-refractivity contribution is -0.141. The Morgan fingerprint density at radius 2 is 2.09 bits per heavy atom. The molecule has 1 aromatic rings. The van der Waals surface area contributed by atoms with Crippen molar-refractivity contribution < 1.29 is 23.8 Å². The lowest BCUT2D eigenvalue weighted by Gasteiger charge is -2.15. The number of ether oxygens (including phenoxy) is 1. The first-order valence-corrected chi connectivity index (χ1v) is 7.47. The van der Waals surface area contributed by atoms with Crippen molar-refractivity contribution in [2.24, 2.45) is 11.8 Å². The summed E-state index contributed by atoms with van der Waals surface area (Å²) in [5.41, 5.74) is 0.415. The number of amides is 1. The molecule has 6 heteroatoms. The third-order valence-corrected chi connectivity index (χ3v) is 3.82. The van der Waals surface area contributed by atoms with E-state index >= 15 is 0 Å². The van der Waals surface area contributed by atoms with Crippen LogP contribution < -0.4 is 10.1 Å². The number of rotatable bonds is 6. The molecule has 1 fully saturated rings. The Morgan fingerprint density at radius 1 is 1.36 bits per heavy atom. The largest absolute Gasteiger partial charge is 0.491 e. The first-order valence-electron chi connectivity index (χ1n) is 7.47. The topological polar surface area (TPSA) is 75.6 Å².